The fraction of sp³-hybridized carbons (Fsp3) is 0.600. The van der Waals surface area contributed by atoms with Crippen LogP contribution in [0.4, 0.5) is 0 Å². The van der Waals surface area contributed by atoms with Crippen LogP contribution >= 0.6 is 0 Å². The summed E-state index contributed by atoms with van der Waals surface area (Å²) in [5.74, 6) is 0.989. The van der Waals surface area contributed by atoms with Crippen molar-refractivity contribution in [3.63, 3.8) is 0 Å². The minimum atomic E-state index is 0.341. The number of hydrogen-bond acceptors (Lipinski definition) is 3. The number of hydrogen-bond donors (Lipinski definition) is 1. The van der Waals surface area contributed by atoms with E-state index in [2.05, 4.69) is 24.4 Å². The van der Waals surface area contributed by atoms with Crippen LogP contribution in [0.25, 0.3) is 0 Å². The fourth-order valence-corrected chi connectivity index (χ4v) is 2.10. The molecule has 0 aromatic heterocycles. The second kappa shape index (κ2) is 8.95. The predicted octanol–water partition coefficient (Wildman–Crippen LogP) is 3.16. The summed E-state index contributed by atoms with van der Waals surface area (Å²) < 4.78 is 10.8. The summed E-state index contributed by atoms with van der Waals surface area (Å²) >= 11 is 0. The zero-order chi connectivity index (χ0) is 13.2. The van der Waals surface area contributed by atoms with E-state index in [4.69, 9.17) is 9.47 Å². The van der Waals surface area contributed by atoms with Crippen molar-refractivity contribution >= 4 is 0 Å². The lowest BCUT2D eigenvalue weighted by Gasteiger charge is -2.21. The first kappa shape index (κ1) is 15.0. The Morgan fingerprint density at radius 1 is 1.22 bits per heavy atom. The third-order valence-corrected chi connectivity index (χ3v) is 2.89. The second-order valence-electron chi connectivity index (χ2n) is 4.22. The first-order chi connectivity index (χ1) is 8.83. The van der Waals surface area contributed by atoms with Gasteiger partial charge in [-0.15, -0.1) is 0 Å². The number of para-hydroxylation sites is 1. The zero-order valence-corrected chi connectivity index (χ0v) is 11.7. The van der Waals surface area contributed by atoms with Gasteiger partial charge in [-0.3, -0.25) is 0 Å². The predicted molar refractivity (Wildman–Crippen MR) is 75.1 cm³/mol. The van der Waals surface area contributed by atoms with Crippen molar-refractivity contribution in [1.82, 2.24) is 5.32 Å². The molecule has 1 aromatic rings. The lowest BCUT2D eigenvalue weighted by atomic mass is 10.0. The van der Waals surface area contributed by atoms with Gasteiger partial charge in [0.05, 0.1) is 6.61 Å². The molecule has 1 N–H and O–H groups in total. The maximum atomic E-state index is 5.70. The third kappa shape index (κ3) is 4.67. The van der Waals surface area contributed by atoms with Crippen LogP contribution in [0.15, 0.2) is 24.3 Å². The van der Waals surface area contributed by atoms with Gasteiger partial charge in [-0.2, -0.15) is 0 Å². The Bertz CT molecular complexity index is 328. The van der Waals surface area contributed by atoms with Crippen molar-refractivity contribution in [2.24, 2.45) is 0 Å². The third-order valence-electron chi connectivity index (χ3n) is 2.89. The second-order valence-corrected chi connectivity index (χ2v) is 4.22. The molecule has 0 bridgehead atoms. The Morgan fingerprint density at radius 2 is 2.00 bits per heavy atom. The van der Waals surface area contributed by atoms with Crippen molar-refractivity contribution < 1.29 is 9.47 Å². The molecule has 0 spiro atoms. The Morgan fingerprint density at radius 3 is 2.67 bits per heavy atom. The highest BCUT2D eigenvalue weighted by atomic mass is 16.5. The van der Waals surface area contributed by atoms with E-state index in [0.29, 0.717) is 12.6 Å². The van der Waals surface area contributed by atoms with Gasteiger partial charge in [0.25, 0.3) is 0 Å². The zero-order valence-electron chi connectivity index (χ0n) is 11.7. The number of ether oxygens (including phenoxy) is 2. The number of rotatable bonds is 9. The average molecular weight is 251 g/mol. The number of nitrogens with one attached hydrogen (secondary N) is 1. The van der Waals surface area contributed by atoms with Crippen LogP contribution in [0.2, 0.25) is 0 Å². The Kier molecular flexibility index (Phi) is 7.46. The number of benzene rings is 1. The first-order valence-corrected chi connectivity index (χ1v) is 6.77. The highest BCUT2D eigenvalue weighted by Gasteiger charge is 2.14. The van der Waals surface area contributed by atoms with E-state index >= 15 is 0 Å². The maximum Gasteiger partial charge on any atom is 0.124 e. The van der Waals surface area contributed by atoms with Gasteiger partial charge < -0.3 is 14.8 Å². The smallest absolute Gasteiger partial charge is 0.124 e. The largest absolute Gasteiger partial charge is 0.494 e. The lowest BCUT2D eigenvalue weighted by Crippen LogP contribution is -2.22. The molecule has 0 aliphatic heterocycles. The van der Waals surface area contributed by atoms with Crippen LogP contribution in [0.3, 0.4) is 0 Å². The first-order valence-electron chi connectivity index (χ1n) is 6.77. The normalized spacial score (nSPS) is 12.4. The number of methoxy groups -OCH3 is 1. The monoisotopic (exact) mass is 251 g/mol. The molecule has 1 unspecified atom stereocenters. The van der Waals surface area contributed by atoms with E-state index in [1.807, 2.05) is 19.1 Å². The molecule has 0 saturated carbocycles. The molecule has 0 saturated heterocycles. The van der Waals surface area contributed by atoms with Crippen molar-refractivity contribution in [2.75, 3.05) is 26.9 Å². The summed E-state index contributed by atoms with van der Waals surface area (Å²) in [6.45, 7) is 6.61. The van der Waals surface area contributed by atoms with Crippen molar-refractivity contribution in [2.45, 2.75) is 32.7 Å². The van der Waals surface area contributed by atoms with Crippen molar-refractivity contribution in [3.05, 3.63) is 29.8 Å². The molecule has 3 heteroatoms. The molecule has 0 heterocycles. The molecule has 1 rings (SSSR count). The van der Waals surface area contributed by atoms with E-state index < -0.39 is 0 Å². The van der Waals surface area contributed by atoms with Crippen LogP contribution in [0.1, 0.15) is 38.3 Å². The van der Waals surface area contributed by atoms with Gasteiger partial charge in [-0.1, -0.05) is 25.1 Å². The standard InChI is InChI=1S/C15H25NO2/c1-4-16-14(10-8-12-17-3)13-9-6-7-11-15(13)18-5-2/h6-7,9,11,14,16H,4-5,8,10,12H2,1-3H3. The van der Waals surface area contributed by atoms with Gasteiger partial charge in [-0.25, -0.2) is 0 Å². The summed E-state index contributed by atoms with van der Waals surface area (Å²) in [7, 11) is 1.75. The lowest BCUT2D eigenvalue weighted by molar-refractivity contribution is 0.188. The quantitative estimate of drug-likeness (QED) is 0.684. The summed E-state index contributed by atoms with van der Waals surface area (Å²) in [6, 6.07) is 8.61. The minimum Gasteiger partial charge on any atom is -0.494 e. The molecule has 1 atom stereocenters. The summed E-state index contributed by atoms with van der Waals surface area (Å²) in [5, 5.41) is 3.52. The van der Waals surface area contributed by atoms with Crippen LogP contribution in [0, 0.1) is 0 Å². The van der Waals surface area contributed by atoms with E-state index in [1.165, 1.54) is 5.56 Å². The molecule has 0 fully saturated rings. The van der Waals surface area contributed by atoms with E-state index in [9.17, 15) is 0 Å². The molecule has 0 aliphatic rings. The van der Waals surface area contributed by atoms with Gasteiger partial charge in [0.1, 0.15) is 5.75 Å². The molecule has 102 valence electrons. The highest BCUT2D eigenvalue weighted by molar-refractivity contribution is 5.35. The van der Waals surface area contributed by atoms with Gasteiger partial charge in [-0.05, 0) is 32.4 Å². The maximum absolute atomic E-state index is 5.70. The van der Waals surface area contributed by atoms with E-state index in [1.54, 1.807) is 7.11 Å². The highest BCUT2D eigenvalue weighted by Crippen LogP contribution is 2.28. The van der Waals surface area contributed by atoms with E-state index in [0.717, 1.165) is 31.7 Å². The minimum absolute atomic E-state index is 0.341. The van der Waals surface area contributed by atoms with Crippen molar-refractivity contribution in [1.29, 1.82) is 0 Å². The molecular formula is C15H25NO2. The van der Waals surface area contributed by atoms with Gasteiger partial charge in [0, 0.05) is 25.3 Å². The van der Waals surface area contributed by atoms with Crippen LogP contribution in [0.5, 0.6) is 5.75 Å². The Hall–Kier alpha value is -1.06. The molecule has 3 nitrogen and oxygen atoms in total. The summed E-state index contributed by atoms with van der Waals surface area (Å²) in [5.41, 5.74) is 1.25. The SMILES string of the molecule is CCNC(CCCOC)c1ccccc1OCC. The molecule has 18 heavy (non-hydrogen) atoms. The van der Waals surface area contributed by atoms with Crippen LogP contribution in [-0.2, 0) is 4.74 Å². The molecule has 0 radical (unpaired) electrons. The van der Waals surface area contributed by atoms with Gasteiger partial charge in [0.2, 0.25) is 0 Å². The molecule has 0 amide bonds. The van der Waals surface area contributed by atoms with Crippen LogP contribution < -0.4 is 10.1 Å². The topological polar surface area (TPSA) is 30.5 Å². The summed E-state index contributed by atoms with van der Waals surface area (Å²) in [6.07, 6.45) is 2.11. The summed E-state index contributed by atoms with van der Waals surface area (Å²) in [4.78, 5) is 0. The molecular weight excluding hydrogens is 226 g/mol. The van der Waals surface area contributed by atoms with Crippen molar-refractivity contribution in [3.8, 4) is 5.75 Å². The fourth-order valence-electron chi connectivity index (χ4n) is 2.10. The molecule has 1 aromatic carbocycles. The Labute approximate surface area is 110 Å². The van der Waals surface area contributed by atoms with Gasteiger partial charge in [0.15, 0.2) is 0 Å². The van der Waals surface area contributed by atoms with Gasteiger partial charge >= 0.3 is 0 Å². The van der Waals surface area contributed by atoms with Crippen LogP contribution in [-0.4, -0.2) is 26.9 Å². The Balaban J connectivity index is 2.76. The van der Waals surface area contributed by atoms with E-state index in [-0.39, 0.29) is 0 Å². The average Bonchev–Trinajstić information content (AvgIpc) is 2.39. The molecule has 0 aliphatic carbocycles.